The van der Waals surface area contributed by atoms with Gasteiger partial charge in [0, 0.05) is 43.8 Å². The number of rotatable bonds is 4. The zero-order valence-corrected chi connectivity index (χ0v) is 13.2. The van der Waals surface area contributed by atoms with E-state index in [2.05, 4.69) is 39.2 Å². The van der Waals surface area contributed by atoms with Crippen LogP contribution in [0.25, 0.3) is 0 Å². The van der Waals surface area contributed by atoms with E-state index in [4.69, 9.17) is 5.73 Å². The van der Waals surface area contributed by atoms with Gasteiger partial charge in [-0.05, 0) is 36.1 Å². The molecule has 0 aliphatic carbocycles. The number of aromatic nitrogens is 1. The van der Waals surface area contributed by atoms with Crippen LogP contribution in [-0.2, 0) is 0 Å². The van der Waals surface area contributed by atoms with Gasteiger partial charge in [-0.15, -0.1) is 11.3 Å². The first-order valence-electron chi connectivity index (χ1n) is 7.43. The highest BCUT2D eigenvalue weighted by Gasteiger charge is 2.26. The molecule has 3 rings (SSSR count). The van der Waals surface area contributed by atoms with E-state index in [-0.39, 0.29) is 0 Å². The SMILES string of the molecule is Cc1ccsc1C(CN)N1CCN(c2ccccn2)CC1. The molecule has 1 fully saturated rings. The first-order chi connectivity index (χ1) is 10.3. The largest absolute Gasteiger partial charge is 0.354 e. The molecule has 2 N–H and O–H groups in total. The van der Waals surface area contributed by atoms with Crippen LogP contribution in [0.15, 0.2) is 35.8 Å². The van der Waals surface area contributed by atoms with Crippen LogP contribution in [0.3, 0.4) is 0 Å². The standard InChI is InChI=1S/C16H22N4S/c1-13-5-11-21-16(13)14(12-17)19-7-9-20(10-8-19)15-4-2-3-6-18-15/h2-6,11,14H,7-10,12,17H2,1H3. The molecule has 1 aliphatic rings. The minimum atomic E-state index is 0.357. The Labute approximate surface area is 130 Å². The van der Waals surface area contributed by atoms with Crippen molar-refractivity contribution in [2.24, 2.45) is 5.73 Å². The molecular weight excluding hydrogens is 280 g/mol. The normalized spacial score (nSPS) is 17.9. The minimum Gasteiger partial charge on any atom is -0.354 e. The number of aryl methyl sites for hydroxylation is 1. The van der Waals surface area contributed by atoms with Gasteiger partial charge in [0.05, 0.1) is 6.04 Å². The maximum Gasteiger partial charge on any atom is 0.128 e. The molecule has 0 radical (unpaired) electrons. The molecule has 0 spiro atoms. The summed E-state index contributed by atoms with van der Waals surface area (Å²) in [7, 11) is 0. The van der Waals surface area contributed by atoms with Gasteiger partial charge in [0.1, 0.15) is 5.82 Å². The third-order valence-electron chi connectivity index (χ3n) is 4.16. The van der Waals surface area contributed by atoms with Gasteiger partial charge in [-0.25, -0.2) is 4.98 Å². The summed E-state index contributed by atoms with van der Waals surface area (Å²) in [5, 5.41) is 2.16. The van der Waals surface area contributed by atoms with Crippen molar-refractivity contribution < 1.29 is 0 Å². The average Bonchev–Trinajstić information content (AvgIpc) is 2.96. The predicted octanol–water partition coefficient (Wildman–Crippen LogP) is 2.27. The van der Waals surface area contributed by atoms with Gasteiger partial charge in [0.2, 0.25) is 0 Å². The Morgan fingerprint density at radius 2 is 2.05 bits per heavy atom. The van der Waals surface area contributed by atoms with E-state index in [1.54, 1.807) is 0 Å². The monoisotopic (exact) mass is 302 g/mol. The summed E-state index contributed by atoms with van der Waals surface area (Å²) in [6.45, 7) is 6.96. The highest BCUT2D eigenvalue weighted by Crippen LogP contribution is 2.29. The summed E-state index contributed by atoms with van der Waals surface area (Å²) in [4.78, 5) is 10.7. The molecule has 2 aromatic rings. The van der Waals surface area contributed by atoms with Gasteiger partial charge in [-0.2, -0.15) is 0 Å². The Morgan fingerprint density at radius 1 is 1.24 bits per heavy atom. The van der Waals surface area contributed by atoms with Crippen LogP contribution in [0.2, 0.25) is 0 Å². The second-order valence-corrected chi connectivity index (χ2v) is 6.38. The van der Waals surface area contributed by atoms with E-state index >= 15 is 0 Å². The van der Waals surface area contributed by atoms with Crippen molar-refractivity contribution in [3.05, 3.63) is 46.3 Å². The quantitative estimate of drug-likeness (QED) is 0.941. The smallest absolute Gasteiger partial charge is 0.128 e. The van der Waals surface area contributed by atoms with E-state index in [1.807, 2.05) is 29.7 Å². The van der Waals surface area contributed by atoms with Crippen molar-refractivity contribution in [2.45, 2.75) is 13.0 Å². The summed E-state index contributed by atoms with van der Waals surface area (Å²) in [5.74, 6) is 1.08. The summed E-state index contributed by atoms with van der Waals surface area (Å²) >= 11 is 1.83. The van der Waals surface area contributed by atoms with Gasteiger partial charge in [-0.1, -0.05) is 6.07 Å². The highest BCUT2D eigenvalue weighted by atomic mass is 32.1. The lowest BCUT2D eigenvalue weighted by Gasteiger charge is -2.39. The summed E-state index contributed by atoms with van der Waals surface area (Å²) < 4.78 is 0. The molecule has 0 aromatic carbocycles. The van der Waals surface area contributed by atoms with Crippen LogP contribution in [-0.4, -0.2) is 42.6 Å². The van der Waals surface area contributed by atoms with Gasteiger partial charge in [0.25, 0.3) is 0 Å². The third-order valence-corrected chi connectivity index (χ3v) is 5.28. The van der Waals surface area contributed by atoms with Gasteiger partial charge in [-0.3, -0.25) is 4.90 Å². The number of nitrogens with zero attached hydrogens (tertiary/aromatic N) is 3. The summed E-state index contributed by atoms with van der Waals surface area (Å²) in [6, 6.07) is 8.64. The molecule has 21 heavy (non-hydrogen) atoms. The fourth-order valence-electron chi connectivity index (χ4n) is 2.95. The van der Waals surface area contributed by atoms with Crippen molar-refractivity contribution in [2.75, 3.05) is 37.6 Å². The molecule has 4 nitrogen and oxygen atoms in total. The lowest BCUT2D eigenvalue weighted by atomic mass is 10.1. The second kappa shape index (κ2) is 6.56. The molecule has 2 aromatic heterocycles. The number of piperazine rings is 1. The van der Waals surface area contributed by atoms with Crippen LogP contribution in [0.4, 0.5) is 5.82 Å². The fraction of sp³-hybridized carbons (Fsp3) is 0.438. The molecule has 0 amide bonds. The Kier molecular flexibility index (Phi) is 4.53. The topological polar surface area (TPSA) is 45.4 Å². The fourth-order valence-corrected chi connectivity index (χ4v) is 4.03. The summed E-state index contributed by atoms with van der Waals surface area (Å²) in [6.07, 6.45) is 1.86. The number of nitrogens with two attached hydrogens (primary N) is 1. The van der Waals surface area contributed by atoms with Gasteiger partial charge in [0.15, 0.2) is 0 Å². The number of pyridine rings is 1. The Morgan fingerprint density at radius 3 is 2.62 bits per heavy atom. The number of anilines is 1. The minimum absolute atomic E-state index is 0.357. The molecule has 1 unspecified atom stereocenters. The van der Waals surface area contributed by atoms with E-state index in [9.17, 15) is 0 Å². The van der Waals surface area contributed by atoms with Crippen LogP contribution < -0.4 is 10.6 Å². The molecule has 5 heteroatoms. The lowest BCUT2D eigenvalue weighted by molar-refractivity contribution is 0.192. The zero-order valence-electron chi connectivity index (χ0n) is 12.4. The second-order valence-electron chi connectivity index (χ2n) is 5.43. The molecule has 1 aliphatic heterocycles. The van der Waals surface area contributed by atoms with E-state index in [0.29, 0.717) is 12.6 Å². The molecule has 0 bridgehead atoms. The van der Waals surface area contributed by atoms with Crippen LogP contribution >= 0.6 is 11.3 Å². The Balaban J connectivity index is 1.66. The maximum atomic E-state index is 6.05. The average molecular weight is 302 g/mol. The van der Waals surface area contributed by atoms with Gasteiger partial charge >= 0.3 is 0 Å². The molecule has 3 heterocycles. The molecule has 0 saturated carbocycles. The molecular formula is C16H22N4S. The van der Waals surface area contributed by atoms with Crippen LogP contribution in [0, 0.1) is 6.92 Å². The number of hydrogen-bond acceptors (Lipinski definition) is 5. The molecule has 1 atom stereocenters. The summed E-state index contributed by atoms with van der Waals surface area (Å²) in [5.41, 5.74) is 7.41. The third kappa shape index (κ3) is 3.10. The van der Waals surface area contributed by atoms with Crippen molar-refractivity contribution in [3.8, 4) is 0 Å². The van der Waals surface area contributed by atoms with E-state index in [0.717, 1.165) is 32.0 Å². The van der Waals surface area contributed by atoms with Crippen molar-refractivity contribution >= 4 is 17.2 Å². The maximum absolute atomic E-state index is 6.05. The zero-order chi connectivity index (χ0) is 14.7. The van der Waals surface area contributed by atoms with Crippen LogP contribution in [0.1, 0.15) is 16.5 Å². The Hall–Kier alpha value is -1.43. The van der Waals surface area contributed by atoms with E-state index < -0.39 is 0 Å². The van der Waals surface area contributed by atoms with Crippen molar-refractivity contribution in [1.29, 1.82) is 0 Å². The number of thiophene rings is 1. The molecule has 112 valence electrons. The van der Waals surface area contributed by atoms with Crippen LogP contribution in [0.5, 0.6) is 0 Å². The van der Waals surface area contributed by atoms with Crippen molar-refractivity contribution in [1.82, 2.24) is 9.88 Å². The van der Waals surface area contributed by atoms with E-state index in [1.165, 1.54) is 10.4 Å². The number of hydrogen-bond donors (Lipinski definition) is 1. The first kappa shape index (κ1) is 14.5. The van der Waals surface area contributed by atoms with Crippen molar-refractivity contribution in [3.63, 3.8) is 0 Å². The van der Waals surface area contributed by atoms with Gasteiger partial charge < -0.3 is 10.6 Å². The first-order valence-corrected chi connectivity index (χ1v) is 8.31. The molecule has 1 saturated heterocycles. The lowest BCUT2D eigenvalue weighted by Crippen LogP contribution is -2.49. The predicted molar refractivity (Wildman–Crippen MR) is 88.9 cm³/mol. The Bertz CT molecular complexity index is 561. The highest BCUT2D eigenvalue weighted by molar-refractivity contribution is 7.10.